The highest BCUT2D eigenvalue weighted by molar-refractivity contribution is 6.22. The van der Waals surface area contributed by atoms with Gasteiger partial charge in [-0.2, -0.15) is 8.78 Å². The molecule has 1 aliphatic carbocycles. The summed E-state index contributed by atoms with van der Waals surface area (Å²) >= 11 is 4.78. The molecule has 1 aromatic carbocycles. The van der Waals surface area contributed by atoms with E-state index in [1.54, 1.807) is 12.1 Å². The molecular formula is C12H13ClF2O. The van der Waals surface area contributed by atoms with Gasteiger partial charge in [0.1, 0.15) is 0 Å². The van der Waals surface area contributed by atoms with Gasteiger partial charge >= 0.3 is 5.38 Å². The second-order valence-corrected chi connectivity index (χ2v) is 4.74. The van der Waals surface area contributed by atoms with Gasteiger partial charge in [-0.15, -0.1) is 0 Å². The molecule has 1 aromatic rings. The Morgan fingerprint density at radius 1 is 1.25 bits per heavy atom. The minimum atomic E-state index is -3.61. The van der Waals surface area contributed by atoms with Crippen molar-refractivity contribution < 1.29 is 13.9 Å². The molecule has 4 heteroatoms. The molecule has 0 aromatic heterocycles. The molecule has 0 bridgehead atoms. The standard InChI is InChI=1S/C12H13ClF2O/c13-12(14,15)11(16)10-6-4-9(5-7-10)8-2-1-3-8/h4-8,11,16H,1-3H2. The Kier molecular flexibility index (Phi) is 3.17. The van der Waals surface area contributed by atoms with Crippen LogP contribution >= 0.6 is 11.6 Å². The summed E-state index contributed by atoms with van der Waals surface area (Å²) in [6, 6.07) is 6.64. The average Bonchev–Trinajstić information content (AvgIpc) is 2.14. The Morgan fingerprint density at radius 3 is 2.19 bits per heavy atom. The summed E-state index contributed by atoms with van der Waals surface area (Å²) in [5, 5.41) is 5.66. The van der Waals surface area contributed by atoms with E-state index >= 15 is 0 Å². The zero-order chi connectivity index (χ0) is 11.8. The molecular weight excluding hydrogens is 234 g/mol. The van der Waals surface area contributed by atoms with Gasteiger partial charge in [0.05, 0.1) is 0 Å². The lowest BCUT2D eigenvalue weighted by Gasteiger charge is -2.26. The largest absolute Gasteiger partial charge is 0.381 e. The van der Waals surface area contributed by atoms with Gasteiger partial charge in [-0.25, -0.2) is 0 Å². The van der Waals surface area contributed by atoms with Crippen LogP contribution in [0.15, 0.2) is 24.3 Å². The van der Waals surface area contributed by atoms with Crippen molar-refractivity contribution in [3.05, 3.63) is 35.4 Å². The molecule has 2 rings (SSSR count). The zero-order valence-electron chi connectivity index (χ0n) is 8.67. The fraction of sp³-hybridized carbons (Fsp3) is 0.500. The Labute approximate surface area is 98.0 Å². The summed E-state index contributed by atoms with van der Waals surface area (Å²) < 4.78 is 25.3. The molecule has 0 spiro atoms. The van der Waals surface area contributed by atoms with E-state index in [4.69, 9.17) is 11.6 Å². The number of aliphatic hydroxyl groups excluding tert-OH is 1. The molecule has 0 aliphatic heterocycles. The maximum atomic E-state index is 12.7. The van der Waals surface area contributed by atoms with Crippen LogP contribution in [-0.4, -0.2) is 10.5 Å². The van der Waals surface area contributed by atoms with Crippen LogP contribution < -0.4 is 0 Å². The van der Waals surface area contributed by atoms with E-state index in [9.17, 15) is 13.9 Å². The maximum absolute atomic E-state index is 12.7. The van der Waals surface area contributed by atoms with Crippen LogP contribution in [0.5, 0.6) is 0 Å². The number of aliphatic hydroxyl groups is 1. The van der Waals surface area contributed by atoms with E-state index in [2.05, 4.69) is 0 Å². The lowest BCUT2D eigenvalue weighted by atomic mass is 9.80. The zero-order valence-corrected chi connectivity index (χ0v) is 9.42. The quantitative estimate of drug-likeness (QED) is 0.804. The summed E-state index contributed by atoms with van der Waals surface area (Å²) in [6.45, 7) is 0. The first-order valence-corrected chi connectivity index (χ1v) is 5.71. The van der Waals surface area contributed by atoms with Gasteiger partial charge in [-0.3, -0.25) is 0 Å². The van der Waals surface area contributed by atoms with Crippen LogP contribution in [0, 0.1) is 0 Å². The molecule has 1 atom stereocenters. The number of hydrogen-bond acceptors (Lipinski definition) is 1. The van der Waals surface area contributed by atoms with Crippen molar-refractivity contribution in [3.63, 3.8) is 0 Å². The molecule has 1 fully saturated rings. The molecule has 1 saturated carbocycles. The third-order valence-electron chi connectivity index (χ3n) is 3.14. The van der Waals surface area contributed by atoms with E-state index in [0.717, 1.165) is 18.4 Å². The van der Waals surface area contributed by atoms with Crippen molar-refractivity contribution in [2.75, 3.05) is 0 Å². The SMILES string of the molecule is OC(c1ccc(C2CCC2)cc1)C(F)(F)Cl. The highest BCUT2D eigenvalue weighted by atomic mass is 35.5. The molecule has 1 unspecified atom stereocenters. The Balaban J connectivity index is 2.12. The van der Waals surface area contributed by atoms with Crippen molar-refractivity contribution in [2.45, 2.75) is 36.7 Å². The summed E-state index contributed by atoms with van der Waals surface area (Å²) in [7, 11) is 0. The van der Waals surface area contributed by atoms with E-state index in [1.165, 1.54) is 18.6 Å². The highest BCUT2D eigenvalue weighted by Crippen LogP contribution is 2.38. The highest BCUT2D eigenvalue weighted by Gasteiger charge is 2.36. The van der Waals surface area contributed by atoms with Crippen molar-refractivity contribution in [2.24, 2.45) is 0 Å². The van der Waals surface area contributed by atoms with Crippen LogP contribution in [-0.2, 0) is 0 Å². The fourth-order valence-electron chi connectivity index (χ4n) is 1.88. The lowest BCUT2D eigenvalue weighted by molar-refractivity contribution is -0.0424. The monoisotopic (exact) mass is 246 g/mol. The molecule has 0 saturated heterocycles. The van der Waals surface area contributed by atoms with Crippen molar-refractivity contribution in [1.29, 1.82) is 0 Å². The molecule has 0 amide bonds. The minimum absolute atomic E-state index is 0.156. The smallest absolute Gasteiger partial charge is 0.351 e. The topological polar surface area (TPSA) is 20.2 Å². The van der Waals surface area contributed by atoms with Gasteiger partial charge in [-0.05, 0) is 41.5 Å². The molecule has 0 heterocycles. The minimum Gasteiger partial charge on any atom is -0.381 e. The lowest BCUT2D eigenvalue weighted by Crippen LogP contribution is -2.19. The first kappa shape index (κ1) is 11.8. The van der Waals surface area contributed by atoms with Gasteiger partial charge in [-0.1, -0.05) is 30.7 Å². The molecule has 1 aliphatic rings. The van der Waals surface area contributed by atoms with E-state index < -0.39 is 11.5 Å². The number of halogens is 3. The fourth-order valence-corrected chi connectivity index (χ4v) is 2.01. The van der Waals surface area contributed by atoms with Crippen molar-refractivity contribution >= 4 is 11.6 Å². The van der Waals surface area contributed by atoms with Crippen molar-refractivity contribution in [3.8, 4) is 0 Å². The molecule has 16 heavy (non-hydrogen) atoms. The first-order chi connectivity index (χ1) is 7.48. The second-order valence-electron chi connectivity index (χ2n) is 4.24. The number of alkyl halides is 3. The van der Waals surface area contributed by atoms with Crippen LogP contribution in [0.25, 0.3) is 0 Å². The third-order valence-corrected chi connectivity index (χ3v) is 3.35. The average molecular weight is 247 g/mol. The second kappa shape index (κ2) is 4.30. The molecule has 0 radical (unpaired) electrons. The first-order valence-electron chi connectivity index (χ1n) is 5.33. The van der Waals surface area contributed by atoms with E-state index in [0.29, 0.717) is 5.92 Å². The molecule has 1 N–H and O–H groups in total. The Bertz CT molecular complexity index is 354. The van der Waals surface area contributed by atoms with Crippen LogP contribution in [0.1, 0.15) is 42.4 Å². The number of rotatable bonds is 3. The van der Waals surface area contributed by atoms with Crippen molar-refractivity contribution in [1.82, 2.24) is 0 Å². The summed E-state index contributed by atoms with van der Waals surface area (Å²) in [4.78, 5) is 0. The van der Waals surface area contributed by atoms with E-state index in [1.807, 2.05) is 0 Å². The summed E-state index contributed by atoms with van der Waals surface area (Å²) in [5.41, 5.74) is 1.31. The summed E-state index contributed by atoms with van der Waals surface area (Å²) in [6.07, 6.45) is 1.61. The number of benzene rings is 1. The van der Waals surface area contributed by atoms with Gasteiger partial charge in [0, 0.05) is 0 Å². The summed E-state index contributed by atoms with van der Waals surface area (Å²) in [5.74, 6) is 0.558. The predicted octanol–water partition coefficient (Wildman–Crippen LogP) is 3.82. The number of hydrogen-bond donors (Lipinski definition) is 1. The Hall–Kier alpha value is -0.670. The van der Waals surface area contributed by atoms with Gasteiger partial charge in [0.2, 0.25) is 0 Å². The van der Waals surface area contributed by atoms with Gasteiger partial charge in [0.15, 0.2) is 6.10 Å². The Morgan fingerprint density at radius 2 is 1.81 bits per heavy atom. The maximum Gasteiger partial charge on any atom is 0.351 e. The molecule has 1 nitrogen and oxygen atoms in total. The normalized spacial score (nSPS) is 19.2. The van der Waals surface area contributed by atoms with Gasteiger partial charge < -0.3 is 5.11 Å². The predicted molar refractivity (Wildman–Crippen MR) is 58.8 cm³/mol. The van der Waals surface area contributed by atoms with Crippen LogP contribution in [0.2, 0.25) is 0 Å². The van der Waals surface area contributed by atoms with Crippen LogP contribution in [0.4, 0.5) is 8.78 Å². The van der Waals surface area contributed by atoms with Gasteiger partial charge in [0.25, 0.3) is 0 Å². The van der Waals surface area contributed by atoms with E-state index in [-0.39, 0.29) is 5.56 Å². The third kappa shape index (κ3) is 2.36. The van der Waals surface area contributed by atoms with Crippen LogP contribution in [0.3, 0.4) is 0 Å². The molecule has 88 valence electrons.